The number of rotatable bonds is 6. The van der Waals surface area contributed by atoms with Crippen LogP contribution in [0.25, 0.3) is 0 Å². The minimum atomic E-state index is -0.793. The fraction of sp³-hybridized carbons (Fsp3) is 0.190. The quantitative estimate of drug-likeness (QED) is 0.631. The highest BCUT2D eigenvalue weighted by molar-refractivity contribution is 7.10. The topological polar surface area (TPSA) is 46.5 Å². The fourth-order valence-electron chi connectivity index (χ4n) is 2.81. The van der Waals surface area contributed by atoms with Gasteiger partial charge < -0.3 is 9.84 Å². The standard InChI is InChI=1S/C21H20O3S/c1-14-5-3-6-15(2)20(14)24-17-10-8-16(9-11-17)13-18(21(22)23)19-7-4-12-25-19/h3-12,18H,13H2,1-2H3,(H,22,23). The largest absolute Gasteiger partial charge is 0.481 e. The zero-order valence-corrected chi connectivity index (χ0v) is 15.0. The number of para-hydroxylation sites is 1. The first-order valence-electron chi connectivity index (χ1n) is 8.14. The van der Waals surface area contributed by atoms with E-state index in [1.54, 1.807) is 0 Å². The van der Waals surface area contributed by atoms with Crippen LogP contribution in [0.2, 0.25) is 0 Å². The van der Waals surface area contributed by atoms with Gasteiger partial charge in [0.15, 0.2) is 0 Å². The lowest BCUT2D eigenvalue weighted by atomic mass is 9.98. The van der Waals surface area contributed by atoms with Gasteiger partial charge in [-0.25, -0.2) is 0 Å². The van der Waals surface area contributed by atoms with Gasteiger partial charge in [-0.2, -0.15) is 0 Å². The summed E-state index contributed by atoms with van der Waals surface area (Å²) < 4.78 is 6.01. The van der Waals surface area contributed by atoms with E-state index in [9.17, 15) is 9.90 Å². The molecule has 0 spiro atoms. The average molecular weight is 352 g/mol. The van der Waals surface area contributed by atoms with Gasteiger partial charge in [0.25, 0.3) is 0 Å². The second kappa shape index (κ2) is 7.53. The van der Waals surface area contributed by atoms with E-state index in [0.29, 0.717) is 6.42 Å². The van der Waals surface area contributed by atoms with Crippen LogP contribution in [0.1, 0.15) is 27.5 Å². The molecule has 3 rings (SSSR count). The van der Waals surface area contributed by atoms with Gasteiger partial charge in [-0.1, -0.05) is 36.4 Å². The second-order valence-electron chi connectivity index (χ2n) is 6.08. The van der Waals surface area contributed by atoms with Gasteiger partial charge in [0.1, 0.15) is 11.5 Å². The van der Waals surface area contributed by atoms with E-state index in [1.807, 2.05) is 73.8 Å². The lowest BCUT2D eigenvalue weighted by molar-refractivity contribution is -0.138. The van der Waals surface area contributed by atoms with Crippen LogP contribution in [0.5, 0.6) is 11.5 Å². The molecule has 0 bridgehead atoms. The number of carboxylic acid groups (broad SMARTS) is 1. The van der Waals surface area contributed by atoms with E-state index in [-0.39, 0.29) is 0 Å². The summed E-state index contributed by atoms with van der Waals surface area (Å²) in [5, 5.41) is 11.4. The number of carboxylic acids is 1. The lowest BCUT2D eigenvalue weighted by Crippen LogP contribution is -2.13. The van der Waals surface area contributed by atoms with Crippen molar-refractivity contribution in [2.45, 2.75) is 26.2 Å². The van der Waals surface area contributed by atoms with Crippen molar-refractivity contribution in [3.63, 3.8) is 0 Å². The number of benzene rings is 2. The van der Waals surface area contributed by atoms with Crippen LogP contribution in [-0.4, -0.2) is 11.1 Å². The Morgan fingerprint density at radius 1 is 1.04 bits per heavy atom. The van der Waals surface area contributed by atoms with E-state index in [1.165, 1.54) is 11.3 Å². The monoisotopic (exact) mass is 352 g/mol. The normalized spacial score (nSPS) is 11.9. The molecule has 1 N–H and O–H groups in total. The zero-order valence-electron chi connectivity index (χ0n) is 14.2. The Labute approximate surface area is 151 Å². The number of thiophene rings is 1. The van der Waals surface area contributed by atoms with Crippen LogP contribution < -0.4 is 4.74 Å². The summed E-state index contributed by atoms with van der Waals surface area (Å²) in [6.45, 7) is 4.05. The summed E-state index contributed by atoms with van der Waals surface area (Å²) >= 11 is 1.48. The first-order chi connectivity index (χ1) is 12.0. The third-order valence-electron chi connectivity index (χ3n) is 4.18. The number of ether oxygens (including phenoxy) is 1. The van der Waals surface area contributed by atoms with Gasteiger partial charge in [-0.15, -0.1) is 11.3 Å². The van der Waals surface area contributed by atoms with Crippen molar-refractivity contribution < 1.29 is 14.6 Å². The van der Waals surface area contributed by atoms with Crippen LogP contribution in [0.3, 0.4) is 0 Å². The fourth-order valence-corrected chi connectivity index (χ4v) is 3.63. The summed E-state index contributed by atoms with van der Waals surface area (Å²) in [5.74, 6) is 0.324. The molecule has 1 unspecified atom stereocenters. The molecule has 1 heterocycles. The van der Waals surface area contributed by atoms with Gasteiger partial charge >= 0.3 is 5.97 Å². The molecule has 4 heteroatoms. The summed E-state index contributed by atoms with van der Waals surface area (Å²) in [4.78, 5) is 12.4. The Hall–Kier alpha value is -2.59. The highest BCUT2D eigenvalue weighted by Gasteiger charge is 2.21. The number of hydrogen-bond acceptors (Lipinski definition) is 3. The first kappa shape index (κ1) is 17.2. The predicted molar refractivity (Wildman–Crippen MR) is 101 cm³/mol. The van der Waals surface area contributed by atoms with Gasteiger partial charge in [-0.3, -0.25) is 4.79 Å². The number of carbonyl (C=O) groups is 1. The van der Waals surface area contributed by atoms with Crippen molar-refractivity contribution >= 4 is 17.3 Å². The van der Waals surface area contributed by atoms with Crippen molar-refractivity contribution in [2.75, 3.05) is 0 Å². The maximum atomic E-state index is 11.6. The number of hydrogen-bond donors (Lipinski definition) is 1. The molecule has 2 aromatic carbocycles. The predicted octanol–water partition coefficient (Wildman–Crippen LogP) is 5.57. The van der Waals surface area contributed by atoms with Crippen LogP contribution in [-0.2, 0) is 11.2 Å². The van der Waals surface area contributed by atoms with E-state index in [2.05, 4.69) is 0 Å². The molecule has 0 saturated carbocycles. The molecule has 0 aliphatic heterocycles. The van der Waals surface area contributed by atoms with Crippen molar-refractivity contribution in [1.82, 2.24) is 0 Å². The molecular formula is C21H20O3S. The molecule has 0 amide bonds. The van der Waals surface area contributed by atoms with E-state index in [4.69, 9.17) is 4.74 Å². The van der Waals surface area contributed by atoms with Crippen molar-refractivity contribution in [1.29, 1.82) is 0 Å². The van der Waals surface area contributed by atoms with Crippen molar-refractivity contribution in [3.05, 3.63) is 81.5 Å². The molecule has 0 aliphatic carbocycles. The van der Waals surface area contributed by atoms with Crippen LogP contribution in [0.4, 0.5) is 0 Å². The lowest BCUT2D eigenvalue weighted by Gasteiger charge is -2.13. The van der Waals surface area contributed by atoms with E-state index in [0.717, 1.165) is 33.1 Å². The molecule has 25 heavy (non-hydrogen) atoms. The number of aliphatic carboxylic acids is 1. The Bertz CT molecular complexity index is 831. The summed E-state index contributed by atoms with van der Waals surface area (Å²) in [7, 11) is 0. The number of aryl methyl sites for hydroxylation is 2. The van der Waals surface area contributed by atoms with Crippen LogP contribution in [0.15, 0.2) is 60.0 Å². The molecule has 3 nitrogen and oxygen atoms in total. The third kappa shape index (κ3) is 4.09. The van der Waals surface area contributed by atoms with Crippen molar-refractivity contribution in [2.24, 2.45) is 0 Å². The van der Waals surface area contributed by atoms with Gasteiger partial charge in [0.05, 0.1) is 5.92 Å². The summed E-state index contributed by atoms with van der Waals surface area (Å²) in [6.07, 6.45) is 0.472. The smallest absolute Gasteiger partial charge is 0.312 e. The molecule has 1 atom stereocenters. The van der Waals surface area contributed by atoms with Crippen molar-refractivity contribution in [3.8, 4) is 11.5 Å². The maximum absolute atomic E-state index is 11.6. The van der Waals surface area contributed by atoms with E-state index >= 15 is 0 Å². The molecule has 128 valence electrons. The minimum absolute atomic E-state index is 0.472. The zero-order chi connectivity index (χ0) is 17.8. The van der Waals surface area contributed by atoms with Crippen LogP contribution >= 0.6 is 11.3 Å². The summed E-state index contributed by atoms with van der Waals surface area (Å²) in [5.41, 5.74) is 3.16. The molecule has 0 aliphatic rings. The molecule has 3 aromatic rings. The highest BCUT2D eigenvalue weighted by Crippen LogP contribution is 2.30. The molecule has 0 saturated heterocycles. The average Bonchev–Trinajstić information content (AvgIpc) is 3.11. The Morgan fingerprint density at radius 3 is 2.28 bits per heavy atom. The summed E-state index contributed by atoms with van der Waals surface area (Å²) in [6, 6.07) is 17.5. The van der Waals surface area contributed by atoms with Crippen LogP contribution in [0, 0.1) is 13.8 Å². The molecule has 0 radical (unpaired) electrons. The van der Waals surface area contributed by atoms with Gasteiger partial charge in [-0.05, 0) is 60.5 Å². The first-order valence-corrected chi connectivity index (χ1v) is 9.02. The molecule has 1 aromatic heterocycles. The highest BCUT2D eigenvalue weighted by atomic mass is 32.1. The SMILES string of the molecule is Cc1cccc(C)c1Oc1ccc(CC(C(=O)O)c2cccs2)cc1. The second-order valence-corrected chi connectivity index (χ2v) is 7.06. The molecule has 0 fully saturated rings. The van der Waals surface area contributed by atoms with E-state index < -0.39 is 11.9 Å². The Balaban J connectivity index is 1.75. The third-order valence-corrected chi connectivity index (χ3v) is 5.16. The Morgan fingerprint density at radius 2 is 1.72 bits per heavy atom. The van der Waals surface area contributed by atoms with Gasteiger partial charge in [0.2, 0.25) is 0 Å². The van der Waals surface area contributed by atoms with Gasteiger partial charge in [0, 0.05) is 4.88 Å². The Kier molecular flexibility index (Phi) is 5.19. The maximum Gasteiger partial charge on any atom is 0.312 e. The molecular weight excluding hydrogens is 332 g/mol. The minimum Gasteiger partial charge on any atom is -0.481 e.